The summed E-state index contributed by atoms with van der Waals surface area (Å²) in [5.41, 5.74) is -1.11. The van der Waals surface area contributed by atoms with E-state index in [1.807, 2.05) is 0 Å². The van der Waals surface area contributed by atoms with Gasteiger partial charge in [-0.3, -0.25) is 23.9 Å². The molecule has 3 rings (SSSR count). The summed E-state index contributed by atoms with van der Waals surface area (Å²) in [6.07, 6.45) is 0.705. The third-order valence-corrected chi connectivity index (χ3v) is 5.12. The first kappa shape index (κ1) is 25.4. The van der Waals surface area contributed by atoms with Gasteiger partial charge in [0.05, 0.1) is 6.04 Å². The lowest BCUT2D eigenvalue weighted by atomic mass is 10.1. The number of aliphatic carboxylic acids is 1. The molecule has 0 spiro atoms. The van der Waals surface area contributed by atoms with Crippen LogP contribution < -0.4 is 16.3 Å². The predicted octanol–water partition coefficient (Wildman–Crippen LogP) is 1.25. The number of anilines is 1. The van der Waals surface area contributed by atoms with Crippen LogP contribution in [0.2, 0.25) is 0 Å². The van der Waals surface area contributed by atoms with Crippen molar-refractivity contribution in [3.05, 3.63) is 58.6 Å². The number of carboxylic acids is 1. The molecule has 0 unspecified atom stereocenters. The highest BCUT2D eigenvalue weighted by atomic mass is 16.6. The van der Waals surface area contributed by atoms with Crippen LogP contribution in [-0.2, 0) is 14.3 Å². The van der Waals surface area contributed by atoms with Gasteiger partial charge in [0.25, 0.3) is 5.91 Å². The lowest BCUT2D eigenvalue weighted by molar-refractivity contribution is -0.138. The number of ether oxygens (including phenoxy) is 1. The van der Waals surface area contributed by atoms with E-state index >= 15 is 0 Å². The summed E-state index contributed by atoms with van der Waals surface area (Å²) in [4.78, 5) is 66.3. The number of rotatable bonds is 6. The van der Waals surface area contributed by atoms with Crippen LogP contribution in [0.5, 0.6) is 0 Å². The monoisotopic (exact) mass is 485 g/mol. The second-order valence-electron chi connectivity index (χ2n) is 8.97. The van der Waals surface area contributed by atoms with Crippen molar-refractivity contribution in [2.24, 2.45) is 0 Å². The molecule has 1 aromatic heterocycles. The largest absolute Gasteiger partial charge is 0.480 e. The van der Waals surface area contributed by atoms with Crippen LogP contribution in [0.25, 0.3) is 0 Å². The zero-order chi connectivity index (χ0) is 25.8. The van der Waals surface area contributed by atoms with Crippen molar-refractivity contribution < 1.29 is 29.0 Å². The molecule has 2 aromatic rings. The maximum Gasteiger partial charge on any atom is 0.411 e. The van der Waals surface area contributed by atoms with Crippen LogP contribution >= 0.6 is 0 Å². The topological polar surface area (TPSA) is 160 Å². The average Bonchev–Trinajstić information content (AvgIpc) is 3.22. The van der Waals surface area contributed by atoms with E-state index in [4.69, 9.17) is 9.84 Å². The SMILES string of the molecule is CC(C)(C)OC(=O)N1C[C@@H](n2ccc(NC(=O)c3ccccc3)nc2=O)C[C@H]1C(=O)NCC(=O)O. The van der Waals surface area contributed by atoms with Crippen molar-refractivity contribution in [3.8, 4) is 0 Å². The average molecular weight is 485 g/mol. The number of amides is 3. The lowest BCUT2D eigenvalue weighted by Gasteiger charge is -2.27. The number of hydrogen-bond acceptors (Lipinski definition) is 7. The number of nitrogens with zero attached hydrogens (tertiary/aromatic N) is 3. The predicted molar refractivity (Wildman–Crippen MR) is 124 cm³/mol. The molecule has 2 atom stereocenters. The second kappa shape index (κ2) is 10.4. The van der Waals surface area contributed by atoms with E-state index in [-0.39, 0.29) is 18.8 Å². The molecule has 0 bridgehead atoms. The summed E-state index contributed by atoms with van der Waals surface area (Å²) in [7, 11) is 0. The first-order valence-electron chi connectivity index (χ1n) is 10.9. The molecule has 2 heterocycles. The summed E-state index contributed by atoms with van der Waals surface area (Å²) in [5.74, 6) is -2.28. The highest BCUT2D eigenvalue weighted by molar-refractivity contribution is 6.03. The Bertz CT molecular complexity index is 1170. The van der Waals surface area contributed by atoms with Gasteiger partial charge < -0.3 is 20.5 Å². The zero-order valence-corrected chi connectivity index (χ0v) is 19.6. The molecular weight excluding hydrogens is 458 g/mol. The number of likely N-dealkylation sites (tertiary alicyclic amines) is 1. The molecular formula is C23H27N5O7. The fourth-order valence-electron chi connectivity index (χ4n) is 3.61. The van der Waals surface area contributed by atoms with Gasteiger partial charge in [0.1, 0.15) is 24.0 Å². The number of benzene rings is 1. The summed E-state index contributed by atoms with van der Waals surface area (Å²) >= 11 is 0. The maximum atomic E-state index is 12.7. The van der Waals surface area contributed by atoms with Crippen LogP contribution in [-0.4, -0.2) is 68.2 Å². The van der Waals surface area contributed by atoms with E-state index in [0.29, 0.717) is 5.56 Å². The van der Waals surface area contributed by atoms with Gasteiger partial charge in [-0.1, -0.05) is 18.2 Å². The van der Waals surface area contributed by atoms with Gasteiger partial charge in [-0.25, -0.2) is 9.59 Å². The molecule has 1 aliphatic heterocycles. The van der Waals surface area contributed by atoms with Crippen molar-refractivity contribution in [1.29, 1.82) is 0 Å². The van der Waals surface area contributed by atoms with E-state index in [1.165, 1.54) is 21.7 Å². The number of carboxylic acid groups (broad SMARTS) is 1. The maximum absolute atomic E-state index is 12.7. The van der Waals surface area contributed by atoms with Crippen molar-refractivity contribution in [3.63, 3.8) is 0 Å². The molecule has 1 aliphatic rings. The zero-order valence-electron chi connectivity index (χ0n) is 19.6. The van der Waals surface area contributed by atoms with Gasteiger partial charge in [-0.15, -0.1) is 0 Å². The van der Waals surface area contributed by atoms with E-state index < -0.39 is 53.8 Å². The lowest BCUT2D eigenvalue weighted by Crippen LogP contribution is -2.48. The van der Waals surface area contributed by atoms with Gasteiger partial charge in [0.15, 0.2) is 0 Å². The van der Waals surface area contributed by atoms with Crippen molar-refractivity contribution >= 4 is 29.7 Å². The highest BCUT2D eigenvalue weighted by Crippen LogP contribution is 2.28. The number of aromatic nitrogens is 2. The molecule has 35 heavy (non-hydrogen) atoms. The minimum absolute atomic E-state index is 0.0304. The molecule has 12 heteroatoms. The molecule has 1 aromatic carbocycles. The summed E-state index contributed by atoms with van der Waals surface area (Å²) in [6.45, 7) is 4.38. The fourth-order valence-corrected chi connectivity index (χ4v) is 3.61. The number of nitrogens with one attached hydrogen (secondary N) is 2. The standard InChI is InChI=1S/C23H27N5O7/c1-23(2,3)35-22(34)28-13-15(11-16(28)20(32)24-12-18(29)30)27-10-9-17(26-21(27)33)25-19(31)14-7-5-4-6-8-14/h4-10,15-16H,11-13H2,1-3H3,(H,24,32)(H,29,30)(H,25,26,31,33)/t15-,16-/m0/s1. The van der Waals surface area contributed by atoms with Crippen molar-refractivity contribution in [1.82, 2.24) is 19.8 Å². The normalized spacial score (nSPS) is 17.5. The highest BCUT2D eigenvalue weighted by Gasteiger charge is 2.42. The summed E-state index contributed by atoms with van der Waals surface area (Å²) in [6, 6.07) is 8.21. The Morgan fingerprint density at radius 2 is 1.83 bits per heavy atom. The van der Waals surface area contributed by atoms with E-state index in [1.54, 1.807) is 51.1 Å². The Hall–Kier alpha value is -4.22. The molecule has 0 radical (unpaired) electrons. The smallest absolute Gasteiger partial charge is 0.411 e. The van der Waals surface area contributed by atoms with Gasteiger partial charge in [-0.2, -0.15) is 4.98 Å². The van der Waals surface area contributed by atoms with Crippen molar-refractivity contribution in [2.75, 3.05) is 18.4 Å². The molecule has 3 N–H and O–H groups in total. The van der Waals surface area contributed by atoms with E-state index in [9.17, 15) is 24.0 Å². The Labute approximate surface area is 200 Å². The van der Waals surface area contributed by atoms with Crippen molar-refractivity contribution in [2.45, 2.75) is 44.9 Å². The fraction of sp³-hybridized carbons (Fsp3) is 0.391. The molecule has 0 aliphatic carbocycles. The Morgan fingerprint density at radius 3 is 2.43 bits per heavy atom. The van der Waals surface area contributed by atoms with Crippen LogP contribution in [0.1, 0.15) is 43.6 Å². The first-order chi connectivity index (χ1) is 16.4. The Balaban J connectivity index is 1.79. The molecule has 3 amide bonds. The molecule has 1 saturated heterocycles. The van der Waals surface area contributed by atoms with Crippen LogP contribution in [0, 0.1) is 0 Å². The van der Waals surface area contributed by atoms with Gasteiger partial charge in [0.2, 0.25) is 5.91 Å². The first-order valence-corrected chi connectivity index (χ1v) is 10.9. The third-order valence-electron chi connectivity index (χ3n) is 5.12. The number of carbonyl (C=O) groups excluding carboxylic acids is 3. The second-order valence-corrected chi connectivity index (χ2v) is 8.97. The minimum Gasteiger partial charge on any atom is -0.480 e. The Kier molecular flexibility index (Phi) is 7.52. The third kappa shape index (κ3) is 6.65. The molecule has 1 fully saturated rings. The van der Waals surface area contributed by atoms with Crippen LogP contribution in [0.4, 0.5) is 10.6 Å². The Morgan fingerprint density at radius 1 is 1.14 bits per heavy atom. The number of hydrogen-bond donors (Lipinski definition) is 3. The number of carbonyl (C=O) groups is 4. The van der Waals surface area contributed by atoms with Gasteiger partial charge in [-0.05, 0) is 45.4 Å². The molecule has 186 valence electrons. The van der Waals surface area contributed by atoms with Crippen LogP contribution in [0.15, 0.2) is 47.4 Å². The van der Waals surface area contributed by atoms with Gasteiger partial charge >= 0.3 is 17.8 Å². The van der Waals surface area contributed by atoms with E-state index in [2.05, 4.69) is 15.6 Å². The quantitative estimate of drug-likeness (QED) is 0.551. The van der Waals surface area contributed by atoms with E-state index in [0.717, 1.165) is 0 Å². The van der Waals surface area contributed by atoms with Gasteiger partial charge in [0, 0.05) is 18.3 Å². The van der Waals surface area contributed by atoms with Crippen LogP contribution in [0.3, 0.4) is 0 Å². The molecule has 12 nitrogen and oxygen atoms in total. The minimum atomic E-state index is -1.23. The molecule has 0 saturated carbocycles. The summed E-state index contributed by atoms with van der Waals surface area (Å²) in [5, 5.41) is 13.7. The summed E-state index contributed by atoms with van der Waals surface area (Å²) < 4.78 is 6.65.